The molecule has 4 aliphatic rings. The summed E-state index contributed by atoms with van der Waals surface area (Å²) in [6.45, 7) is 2.13. The maximum Gasteiger partial charge on any atom is 0.335 e. The first-order chi connectivity index (χ1) is 12.1. The molecule has 4 atom stereocenters. The topological polar surface area (TPSA) is 59.0 Å². The van der Waals surface area contributed by atoms with E-state index in [9.17, 15) is 9.90 Å². The Bertz CT molecular complexity index is 716. The second-order valence-corrected chi connectivity index (χ2v) is 8.22. The highest BCUT2D eigenvalue weighted by Gasteiger charge is 2.59. The number of esters is 1. The standard InChI is InChI=1S/C20H25NO4/c1-24-14-5-4-13-8-16-18-20(15(13)9-14,10-17(22)19(23)25-18)6-7-21(16)11-12-2-3-12/h4-5,9,12,16-18,22H,2-3,6-8,10-11H2,1H3/t16-,17?,18?,20-/m0/s1. The second-order valence-electron chi connectivity index (χ2n) is 8.22. The maximum absolute atomic E-state index is 12.1. The van der Waals surface area contributed by atoms with Gasteiger partial charge in [0.15, 0.2) is 6.10 Å². The zero-order valence-electron chi connectivity index (χ0n) is 14.6. The van der Waals surface area contributed by atoms with Crippen molar-refractivity contribution in [3.63, 3.8) is 0 Å². The molecule has 2 heterocycles. The van der Waals surface area contributed by atoms with Crippen molar-refractivity contribution < 1.29 is 19.4 Å². The van der Waals surface area contributed by atoms with Gasteiger partial charge in [0.05, 0.1) is 13.2 Å². The first-order valence-corrected chi connectivity index (χ1v) is 9.41. The van der Waals surface area contributed by atoms with Crippen molar-refractivity contribution in [1.82, 2.24) is 4.90 Å². The molecule has 1 N–H and O–H groups in total. The van der Waals surface area contributed by atoms with Gasteiger partial charge in [-0.15, -0.1) is 0 Å². The highest BCUT2D eigenvalue weighted by molar-refractivity contribution is 5.76. The molecule has 5 heteroatoms. The van der Waals surface area contributed by atoms with Gasteiger partial charge in [-0.2, -0.15) is 0 Å². The molecule has 2 aliphatic carbocycles. The summed E-state index contributed by atoms with van der Waals surface area (Å²) in [5.41, 5.74) is 2.25. The normalized spacial score (nSPS) is 37.0. The first kappa shape index (κ1) is 15.6. The number of methoxy groups -OCH3 is 1. The van der Waals surface area contributed by atoms with Gasteiger partial charge < -0.3 is 14.6 Å². The molecule has 5 nitrogen and oxygen atoms in total. The Morgan fingerprint density at radius 1 is 1.40 bits per heavy atom. The lowest BCUT2D eigenvalue weighted by molar-refractivity contribution is -0.191. The number of aliphatic hydroxyl groups is 1. The van der Waals surface area contributed by atoms with Crippen LogP contribution in [0.5, 0.6) is 5.75 Å². The van der Waals surface area contributed by atoms with Crippen LogP contribution in [0.4, 0.5) is 0 Å². The number of fused-ring (bicyclic) bond motifs is 1. The Morgan fingerprint density at radius 3 is 3.00 bits per heavy atom. The third-order valence-electron chi connectivity index (χ3n) is 6.75. The van der Waals surface area contributed by atoms with Crippen molar-refractivity contribution in [2.75, 3.05) is 20.2 Å². The Labute approximate surface area is 147 Å². The molecule has 1 aromatic rings. The molecule has 1 aromatic carbocycles. The fourth-order valence-corrected chi connectivity index (χ4v) is 5.29. The average molecular weight is 343 g/mol. The SMILES string of the molecule is COc1ccc2c(c1)[C@@]13CCN(CC4CC4)[C@@H](C2)C1OC(=O)C(O)C3. The number of hydrogen-bond acceptors (Lipinski definition) is 5. The summed E-state index contributed by atoms with van der Waals surface area (Å²) in [6.07, 6.45) is 3.76. The lowest BCUT2D eigenvalue weighted by atomic mass is 9.58. The maximum atomic E-state index is 12.1. The van der Waals surface area contributed by atoms with Crippen molar-refractivity contribution in [1.29, 1.82) is 0 Å². The van der Waals surface area contributed by atoms with Gasteiger partial charge in [-0.3, -0.25) is 4.90 Å². The summed E-state index contributed by atoms with van der Waals surface area (Å²) in [4.78, 5) is 14.7. The van der Waals surface area contributed by atoms with E-state index in [1.807, 2.05) is 6.07 Å². The van der Waals surface area contributed by atoms with Gasteiger partial charge in [0.2, 0.25) is 0 Å². The predicted molar refractivity (Wildman–Crippen MR) is 91.6 cm³/mol. The second kappa shape index (κ2) is 5.45. The van der Waals surface area contributed by atoms with Crippen LogP contribution >= 0.6 is 0 Å². The highest BCUT2D eigenvalue weighted by Crippen LogP contribution is 2.52. The van der Waals surface area contributed by atoms with Crippen LogP contribution in [0.15, 0.2) is 18.2 Å². The fourth-order valence-electron chi connectivity index (χ4n) is 5.29. The number of nitrogens with zero attached hydrogens (tertiary/aromatic N) is 1. The Kier molecular flexibility index (Phi) is 3.41. The van der Waals surface area contributed by atoms with Gasteiger partial charge in [0.25, 0.3) is 0 Å². The average Bonchev–Trinajstić information content (AvgIpc) is 3.42. The minimum atomic E-state index is -1.02. The Morgan fingerprint density at radius 2 is 2.24 bits per heavy atom. The largest absolute Gasteiger partial charge is 0.497 e. The van der Waals surface area contributed by atoms with Crippen LogP contribution in [0, 0.1) is 5.92 Å². The molecule has 0 amide bonds. The quantitative estimate of drug-likeness (QED) is 0.846. The van der Waals surface area contributed by atoms with Gasteiger partial charge >= 0.3 is 5.97 Å². The van der Waals surface area contributed by atoms with Crippen LogP contribution < -0.4 is 4.74 Å². The van der Waals surface area contributed by atoms with E-state index >= 15 is 0 Å². The van der Waals surface area contributed by atoms with E-state index in [4.69, 9.17) is 9.47 Å². The monoisotopic (exact) mass is 343 g/mol. The van der Waals surface area contributed by atoms with E-state index in [1.54, 1.807) is 7.11 Å². The molecule has 1 saturated carbocycles. The van der Waals surface area contributed by atoms with Crippen molar-refractivity contribution in [3.8, 4) is 5.75 Å². The zero-order chi connectivity index (χ0) is 17.2. The summed E-state index contributed by atoms with van der Waals surface area (Å²) in [5, 5.41) is 10.3. The van der Waals surface area contributed by atoms with Crippen LogP contribution in [0.2, 0.25) is 0 Å². The first-order valence-electron chi connectivity index (χ1n) is 9.41. The molecule has 0 aromatic heterocycles. The van der Waals surface area contributed by atoms with Crippen molar-refractivity contribution in [2.24, 2.45) is 5.92 Å². The number of benzene rings is 1. The summed E-state index contributed by atoms with van der Waals surface area (Å²) in [6, 6.07) is 6.50. The predicted octanol–water partition coefficient (Wildman–Crippen LogP) is 1.65. The number of carbonyl (C=O) groups is 1. The van der Waals surface area contributed by atoms with Crippen LogP contribution in [0.25, 0.3) is 0 Å². The molecule has 3 fully saturated rings. The number of hydrogen-bond donors (Lipinski definition) is 1. The van der Waals surface area contributed by atoms with E-state index in [0.717, 1.165) is 37.6 Å². The Hall–Kier alpha value is -1.59. The molecule has 25 heavy (non-hydrogen) atoms. The molecule has 134 valence electrons. The molecule has 5 rings (SSSR count). The Balaban J connectivity index is 1.60. The molecule has 2 saturated heterocycles. The lowest BCUT2D eigenvalue weighted by Gasteiger charge is -2.58. The molecule has 2 bridgehead atoms. The summed E-state index contributed by atoms with van der Waals surface area (Å²) in [5.74, 6) is 1.19. The van der Waals surface area contributed by atoms with Crippen LogP contribution in [-0.2, 0) is 21.4 Å². The van der Waals surface area contributed by atoms with Crippen molar-refractivity contribution in [2.45, 2.75) is 55.8 Å². The number of piperidine rings is 1. The minimum Gasteiger partial charge on any atom is -0.497 e. The van der Waals surface area contributed by atoms with Crippen molar-refractivity contribution >= 4 is 5.97 Å². The van der Waals surface area contributed by atoms with E-state index in [0.29, 0.717) is 6.42 Å². The molecule has 0 spiro atoms. The van der Waals surface area contributed by atoms with Gasteiger partial charge in [-0.05, 0) is 67.8 Å². The number of ether oxygens (including phenoxy) is 2. The van der Waals surface area contributed by atoms with Crippen LogP contribution in [-0.4, -0.2) is 54.4 Å². The van der Waals surface area contributed by atoms with Gasteiger partial charge in [0, 0.05) is 12.0 Å². The van der Waals surface area contributed by atoms with E-state index < -0.39 is 12.1 Å². The molecule has 2 unspecified atom stereocenters. The van der Waals surface area contributed by atoms with Gasteiger partial charge in [-0.1, -0.05) is 6.07 Å². The zero-order valence-corrected chi connectivity index (χ0v) is 14.6. The van der Waals surface area contributed by atoms with Gasteiger partial charge in [-0.25, -0.2) is 4.79 Å². The number of likely N-dealkylation sites (tertiary alicyclic amines) is 1. The summed E-state index contributed by atoms with van der Waals surface area (Å²) >= 11 is 0. The smallest absolute Gasteiger partial charge is 0.335 e. The third-order valence-corrected chi connectivity index (χ3v) is 6.75. The third kappa shape index (κ3) is 2.32. The van der Waals surface area contributed by atoms with Crippen LogP contribution in [0.1, 0.15) is 36.8 Å². The summed E-state index contributed by atoms with van der Waals surface area (Å²) < 4.78 is 11.3. The lowest BCUT2D eigenvalue weighted by Crippen LogP contribution is -2.68. The van der Waals surface area contributed by atoms with E-state index in [2.05, 4.69) is 17.0 Å². The van der Waals surface area contributed by atoms with Gasteiger partial charge in [0.1, 0.15) is 11.9 Å². The molecular formula is C20H25NO4. The van der Waals surface area contributed by atoms with Crippen molar-refractivity contribution in [3.05, 3.63) is 29.3 Å². The van der Waals surface area contributed by atoms with E-state index in [1.165, 1.54) is 24.0 Å². The number of rotatable bonds is 3. The minimum absolute atomic E-state index is 0.157. The number of aliphatic hydroxyl groups excluding tert-OH is 1. The highest BCUT2D eigenvalue weighted by atomic mass is 16.6. The van der Waals surface area contributed by atoms with E-state index in [-0.39, 0.29) is 17.6 Å². The molecule has 0 radical (unpaired) electrons. The summed E-state index contributed by atoms with van der Waals surface area (Å²) in [7, 11) is 1.68. The van der Waals surface area contributed by atoms with Crippen LogP contribution in [0.3, 0.4) is 0 Å². The molecular weight excluding hydrogens is 318 g/mol. The molecule has 2 aliphatic heterocycles. The number of carbonyl (C=O) groups excluding carboxylic acids is 1. The fraction of sp³-hybridized carbons (Fsp3) is 0.650.